The van der Waals surface area contributed by atoms with Crippen molar-refractivity contribution in [3.8, 4) is 11.4 Å². The molecule has 3 nitrogen and oxygen atoms in total. The van der Waals surface area contributed by atoms with Gasteiger partial charge >= 0.3 is 0 Å². The van der Waals surface area contributed by atoms with Gasteiger partial charge in [-0.3, -0.25) is 0 Å². The summed E-state index contributed by atoms with van der Waals surface area (Å²) in [5, 5.41) is 0. The zero-order valence-corrected chi connectivity index (χ0v) is 10.7. The summed E-state index contributed by atoms with van der Waals surface area (Å²) in [6.45, 7) is 0. The van der Waals surface area contributed by atoms with E-state index in [0.717, 1.165) is 22.5 Å². The molecule has 0 aliphatic heterocycles. The minimum absolute atomic E-state index is 0. The Hall–Kier alpha value is -2.00. The van der Waals surface area contributed by atoms with Gasteiger partial charge in [0.1, 0.15) is 11.4 Å². The molecule has 0 amide bonds. The highest BCUT2D eigenvalue weighted by Crippen LogP contribution is 2.13. The summed E-state index contributed by atoms with van der Waals surface area (Å²) in [6, 6.07) is 16.2. The van der Waals surface area contributed by atoms with Crippen LogP contribution in [0.15, 0.2) is 54.9 Å². The van der Waals surface area contributed by atoms with E-state index in [-0.39, 0.29) is 12.4 Å². The molecule has 0 unspecified atom stereocenters. The minimum atomic E-state index is 0. The zero-order chi connectivity index (χ0) is 11.7. The van der Waals surface area contributed by atoms with E-state index >= 15 is 0 Å². The summed E-state index contributed by atoms with van der Waals surface area (Å²) < 4.78 is 7.28. The third kappa shape index (κ3) is 2.05. The highest BCUT2D eigenvalue weighted by molar-refractivity contribution is 5.71. The third-order valence-electron chi connectivity index (χ3n) is 2.86. The molecule has 0 aliphatic rings. The number of nitrogens with zero attached hydrogens (tertiary/aromatic N) is 1. The van der Waals surface area contributed by atoms with E-state index in [9.17, 15) is 0 Å². The molecule has 0 saturated heterocycles. The summed E-state index contributed by atoms with van der Waals surface area (Å²) in [5.74, 6) is 0.870. The Bertz CT molecular complexity index is 646. The average Bonchev–Trinajstić information content (AvgIpc) is 2.83. The van der Waals surface area contributed by atoms with Crippen molar-refractivity contribution in [3.63, 3.8) is 0 Å². The van der Waals surface area contributed by atoms with Crippen LogP contribution >= 0.6 is 0 Å². The normalized spacial score (nSPS) is 10.1. The Kier molecular flexibility index (Phi) is 3.53. The second-order valence-corrected chi connectivity index (χ2v) is 3.86. The quantitative estimate of drug-likeness (QED) is 0.616. The lowest BCUT2D eigenvalue weighted by Gasteiger charge is -2.00. The monoisotopic (exact) mass is 260 g/mol. The molecule has 0 bridgehead atoms. The fourth-order valence-corrected chi connectivity index (χ4v) is 1.97. The molecule has 18 heavy (non-hydrogen) atoms. The molecule has 0 aliphatic carbocycles. The van der Waals surface area contributed by atoms with Crippen LogP contribution in [0.2, 0.25) is 0 Å². The lowest BCUT2D eigenvalue weighted by atomic mass is 10.2. The lowest BCUT2D eigenvalue weighted by molar-refractivity contribution is -0.567. The summed E-state index contributed by atoms with van der Waals surface area (Å²) >= 11 is 0. The topological polar surface area (TPSA) is 28.9 Å². The van der Waals surface area contributed by atoms with Gasteiger partial charge in [0.2, 0.25) is 6.33 Å². The Morgan fingerprint density at radius 2 is 1.72 bits per heavy atom. The SMILES string of the molecule is COc1ccc(-[n+]2c[nH]c3ccccc32)cc1.[Cl-]. The minimum Gasteiger partial charge on any atom is -1.00 e. The Balaban J connectivity index is 0.00000120. The lowest BCUT2D eigenvalue weighted by Crippen LogP contribution is -3.00. The van der Waals surface area contributed by atoms with Gasteiger partial charge in [-0.05, 0) is 36.4 Å². The van der Waals surface area contributed by atoms with Crippen molar-refractivity contribution >= 4 is 11.0 Å². The summed E-state index contributed by atoms with van der Waals surface area (Å²) in [4.78, 5) is 3.25. The second kappa shape index (κ2) is 5.10. The molecule has 92 valence electrons. The van der Waals surface area contributed by atoms with Crippen molar-refractivity contribution in [2.24, 2.45) is 0 Å². The van der Waals surface area contributed by atoms with Gasteiger partial charge in [-0.25, -0.2) is 4.98 Å². The number of H-pyrrole nitrogens is 1. The van der Waals surface area contributed by atoms with E-state index in [2.05, 4.69) is 21.7 Å². The fraction of sp³-hybridized carbons (Fsp3) is 0.0714. The number of imidazole rings is 1. The van der Waals surface area contributed by atoms with Crippen LogP contribution in [0.3, 0.4) is 0 Å². The third-order valence-corrected chi connectivity index (χ3v) is 2.86. The molecule has 0 spiro atoms. The number of hydrogen-bond donors (Lipinski definition) is 1. The maximum absolute atomic E-state index is 5.16. The van der Waals surface area contributed by atoms with Gasteiger partial charge in [0.05, 0.1) is 7.11 Å². The Morgan fingerprint density at radius 3 is 2.44 bits per heavy atom. The number of aromatic amines is 1. The van der Waals surface area contributed by atoms with E-state index in [1.54, 1.807) is 7.11 Å². The van der Waals surface area contributed by atoms with Crippen molar-refractivity contribution in [1.82, 2.24) is 4.98 Å². The van der Waals surface area contributed by atoms with Crippen LogP contribution in [0.1, 0.15) is 0 Å². The maximum Gasteiger partial charge on any atom is 0.247 e. The summed E-state index contributed by atoms with van der Waals surface area (Å²) in [7, 11) is 1.67. The molecule has 0 fully saturated rings. The molecule has 4 heteroatoms. The average molecular weight is 261 g/mol. The highest BCUT2D eigenvalue weighted by Gasteiger charge is 2.10. The van der Waals surface area contributed by atoms with E-state index in [4.69, 9.17) is 4.74 Å². The number of rotatable bonds is 2. The predicted octanol–water partition coefficient (Wildman–Crippen LogP) is -0.543. The van der Waals surface area contributed by atoms with Crippen LogP contribution in [-0.2, 0) is 0 Å². The summed E-state index contributed by atoms with van der Waals surface area (Å²) in [5.41, 5.74) is 3.41. The largest absolute Gasteiger partial charge is 1.00 e. The molecule has 1 heterocycles. The predicted molar refractivity (Wildman–Crippen MR) is 66.4 cm³/mol. The standard InChI is InChI=1S/C14H12N2O.ClH/c1-17-12-8-6-11(7-9-12)16-10-15-13-4-2-3-5-14(13)16;/h2-10H,1H3;1H. The molecular weight excluding hydrogens is 248 g/mol. The van der Waals surface area contributed by atoms with Crippen molar-refractivity contribution in [1.29, 1.82) is 0 Å². The van der Waals surface area contributed by atoms with Gasteiger partial charge in [0.25, 0.3) is 0 Å². The van der Waals surface area contributed by atoms with Crippen molar-refractivity contribution in [2.75, 3.05) is 7.11 Å². The summed E-state index contributed by atoms with van der Waals surface area (Å²) in [6.07, 6.45) is 1.96. The molecule has 3 aromatic rings. The number of ether oxygens (including phenoxy) is 1. The highest BCUT2D eigenvalue weighted by atomic mass is 35.5. The van der Waals surface area contributed by atoms with Crippen molar-refractivity contribution in [3.05, 3.63) is 54.9 Å². The van der Waals surface area contributed by atoms with Crippen LogP contribution < -0.4 is 21.7 Å². The van der Waals surface area contributed by atoms with E-state index < -0.39 is 0 Å². The molecule has 0 saturated carbocycles. The van der Waals surface area contributed by atoms with Crippen LogP contribution in [0, 0.1) is 0 Å². The van der Waals surface area contributed by atoms with Gasteiger partial charge in [-0.15, -0.1) is 0 Å². The number of para-hydroxylation sites is 2. The number of aromatic nitrogens is 2. The first-order valence-corrected chi connectivity index (χ1v) is 5.51. The number of nitrogens with one attached hydrogen (secondary N) is 1. The van der Waals surface area contributed by atoms with E-state index in [0.29, 0.717) is 0 Å². The van der Waals surface area contributed by atoms with Gasteiger partial charge in [0, 0.05) is 0 Å². The smallest absolute Gasteiger partial charge is 0.247 e. The number of hydrogen-bond acceptors (Lipinski definition) is 1. The van der Waals surface area contributed by atoms with Gasteiger partial charge < -0.3 is 17.1 Å². The first-order valence-electron chi connectivity index (χ1n) is 5.51. The molecular formula is C14H13ClN2O. The molecule has 0 atom stereocenters. The number of halogens is 1. The number of methoxy groups -OCH3 is 1. The molecule has 3 rings (SSSR count). The molecule has 2 aromatic carbocycles. The van der Waals surface area contributed by atoms with Crippen molar-refractivity contribution < 1.29 is 21.7 Å². The zero-order valence-electron chi connectivity index (χ0n) is 9.93. The Morgan fingerprint density at radius 1 is 1.00 bits per heavy atom. The van der Waals surface area contributed by atoms with Gasteiger partial charge in [-0.2, -0.15) is 4.57 Å². The maximum atomic E-state index is 5.16. The first kappa shape index (κ1) is 12.5. The second-order valence-electron chi connectivity index (χ2n) is 3.86. The number of benzene rings is 2. The molecule has 1 N–H and O–H groups in total. The van der Waals surface area contributed by atoms with Crippen molar-refractivity contribution in [2.45, 2.75) is 0 Å². The number of fused-ring (bicyclic) bond motifs is 1. The Labute approximate surface area is 111 Å². The first-order chi connectivity index (χ1) is 8.38. The fourth-order valence-electron chi connectivity index (χ4n) is 1.97. The van der Waals surface area contributed by atoms with Gasteiger partial charge in [-0.1, -0.05) is 12.1 Å². The van der Waals surface area contributed by atoms with Crippen LogP contribution in [-0.4, -0.2) is 12.1 Å². The molecule has 1 aromatic heterocycles. The van der Waals surface area contributed by atoms with E-state index in [1.807, 2.05) is 42.7 Å². The van der Waals surface area contributed by atoms with Crippen LogP contribution in [0.5, 0.6) is 5.75 Å². The molecule has 0 radical (unpaired) electrons. The van der Waals surface area contributed by atoms with E-state index in [1.165, 1.54) is 0 Å². The van der Waals surface area contributed by atoms with Gasteiger partial charge in [0.15, 0.2) is 11.0 Å². The van der Waals surface area contributed by atoms with Crippen LogP contribution in [0.4, 0.5) is 0 Å². The van der Waals surface area contributed by atoms with Crippen LogP contribution in [0.25, 0.3) is 16.7 Å².